The van der Waals surface area contributed by atoms with E-state index in [2.05, 4.69) is 26.1 Å². The summed E-state index contributed by atoms with van der Waals surface area (Å²) in [5.74, 6) is 0. The Labute approximate surface area is 116 Å². The molecule has 6 nitrogen and oxygen atoms in total. The number of nitrogens with one attached hydrogen (secondary N) is 1. The summed E-state index contributed by atoms with van der Waals surface area (Å²) in [6.45, 7) is 8.69. The molecule has 0 unspecified atom stereocenters. The fourth-order valence-electron chi connectivity index (χ4n) is 1.88. The van der Waals surface area contributed by atoms with E-state index in [0.29, 0.717) is 39.1 Å². The van der Waals surface area contributed by atoms with Crippen molar-refractivity contribution < 1.29 is 13.2 Å². The molecule has 0 aromatic carbocycles. The molecule has 112 valence electrons. The molecule has 19 heavy (non-hydrogen) atoms. The molecule has 1 rings (SSSR count). The fourth-order valence-corrected chi connectivity index (χ4v) is 2.76. The molecule has 1 aliphatic heterocycles. The SMILES string of the molecule is CC(C)(C)CNC(=O)N1CCCN(S(C)(=O)=O)CC1. The minimum atomic E-state index is -3.16. The largest absolute Gasteiger partial charge is 0.337 e. The smallest absolute Gasteiger partial charge is 0.317 e. The van der Waals surface area contributed by atoms with Gasteiger partial charge in [-0.25, -0.2) is 17.5 Å². The van der Waals surface area contributed by atoms with Crippen LogP contribution in [-0.2, 0) is 10.0 Å². The second kappa shape index (κ2) is 6.09. The van der Waals surface area contributed by atoms with E-state index in [1.54, 1.807) is 4.90 Å². The number of carbonyl (C=O) groups is 1. The van der Waals surface area contributed by atoms with Crippen LogP contribution >= 0.6 is 0 Å². The van der Waals surface area contributed by atoms with Crippen LogP contribution in [0.5, 0.6) is 0 Å². The van der Waals surface area contributed by atoms with Gasteiger partial charge < -0.3 is 10.2 Å². The van der Waals surface area contributed by atoms with E-state index in [-0.39, 0.29) is 11.4 Å². The van der Waals surface area contributed by atoms with Gasteiger partial charge in [0.1, 0.15) is 0 Å². The molecule has 0 spiro atoms. The average Bonchev–Trinajstić information content (AvgIpc) is 2.49. The van der Waals surface area contributed by atoms with E-state index < -0.39 is 10.0 Å². The molecule has 0 radical (unpaired) electrons. The predicted octanol–water partition coefficient (Wildman–Crippen LogP) is 0.709. The minimum absolute atomic E-state index is 0.0420. The number of carbonyl (C=O) groups excluding carboxylic acids is 1. The topological polar surface area (TPSA) is 69.7 Å². The molecule has 0 atom stereocenters. The van der Waals surface area contributed by atoms with Crippen LogP contribution in [0.15, 0.2) is 0 Å². The van der Waals surface area contributed by atoms with Gasteiger partial charge in [-0.1, -0.05) is 20.8 Å². The Bertz CT molecular complexity index is 414. The molecule has 1 N–H and O–H groups in total. The summed E-state index contributed by atoms with van der Waals surface area (Å²) >= 11 is 0. The van der Waals surface area contributed by atoms with Gasteiger partial charge in [0, 0.05) is 32.7 Å². The molecule has 7 heteroatoms. The lowest BCUT2D eigenvalue weighted by Crippen LogP contribution is -2.44. The Morgan fingerprint density at radius 3 is 2.32 bits per heavy atom. The first kappa shape index (κ1) is 16.2. The van der Waals surface area contributed by atoms with Crippen LogP contribution in [0.25, 0.3) is 0 Å². The highest BCUT2D eigenvalue weighted by atomic mass is 32.2. The van der Waals surface area contributed by atoms with Crippen molar-refractivity contribution in [1.29, 1.82) is 0 Å². The lowest BCUT2D eigenvalue weighted by Gasteiger charge is -2.25. The van der Waals surface area contributed by atoms with Crippen LogP contribution in [0.1, 0.15) is 27.2 Å². The second-order valence-electron chi connectivity index (χ2n) is 6.22. The van der Waals surface area contributed by atoms with Crippen molar-refractivity contribution >= 4 is 16.1 Å². The minimum Gasteiger partial charge on any atom is -0.337 e. The van der Waals surface area contributed by atoms with Crippen molar-refractivity contribution in [2.45, 2.75) is 27.2 Å². The highest BCUT2D eigenvalue weighted by Gasteiger charge is 2.24. The highest BCUT2D eigenvalue weighted by Crippen LogP contribution is 2.11. The van der Waals surface area contributed by atoms with Gasteiger partial charge in [0.2, 0.25) is 10.0 Å². The van der Waals surface area contributed by atoms with Gasteiger partial charge >= 0.3 is 6.03 Å². The van der Waals surface area contributed by atoms with Gasteiger partial charge in [-0.15, -0.1) is 0 Å². The quantitative estimate of drug-likeness (QED) is 0.814. The number of hydrogen-bond donors (Lipinski definition) is 1. The van der Waals surface area contributed by atoms with Crippen LogP contribution in [0.3, 0.4) is 0 Å². The summed E-state index contributed by atoms with van der Waals surface area (Å²) in [6.07, 6.45) is 1.89. The first-order chi connectivity index (χ1) is 8.59. The Morgan fingerprint density at radius 2 is 1.79 bits per heavy atom. The van der Waals surface area contributed by atoms with Crippen LogP contribution < -0.4 is 5.32 Å². The second-order valence-corrected chi connectivity index (χ2v) is 8.20. The molecule has 2 amide bonds. The zero-order valence-electron chi connectivity index (χ0n) is 12.3. The number of nitrogens with zero attached hydrogens (tertiary/aromatic N) is 2. The lowest BCUT2D eigenvalue weighted by atomic mass is 9.97. The number of amides is 2. The molecule has 1 fully saturated rings. The summed E-state index contributed by atoms with van der Waals surface area (Å²) in [4.78, 5) is 13.7. The zero-order valence-corrected chi connectivity index (χ0v) is 13.1. The van der Waals surface area contributed by atoms with Crippen molar-refractivity contribution in [2.24, 2.45) is 5.41 Å². The van der Waals surface area contributed by atoms with Crippen molar-refractivity contribution in [2.75, 3.05) is 39.0 Å². The van der Waals surface area contributed by atoms with Gasteiger partial charge in [0.15, 0.2) is 0 Å². The first-order valence-electron chi connectivity index (χ1n) is 6.57. The zero-order chi connectivity index (χ0) is 14.7. The molecule has 1 saturated heterocycles. The summed E-state index contributed by atoms with van der Waals surface area (Å²) in [5, 5.41) is 2.89. The van der Waals surface area contributed by atoms with E-state index in [9.17, 15) is 13.2 Å². The lowest BCUT2D eigenvalue weighted by molar-refractivity contribution is 0.195. The van der Waals surface area contributed by atoms with E-state index in [1.807, 2.05) is 0 Å². The van der Waals surface area contributed by atoms with Gasteiger partial charge in [-0.05, 0) is 11.8 Å². The van der Waals surface area contributed by atoms with Gasteiger partial charge in [-0.3, -0.25) is 0 Å². The van der Waals surface area contributed by atoms with Crippen molar-refractivity contribution in [3.05, 3.63) is 0 Å². The van der Waals surface area contributed by atoms with Crippen LogP contribution in [-0.4, -0.2) is 62.6 Å². The van der Waals surface area contributed by atoms with Crippen LogP contribution in [0.2, 0.25) is 0 Å². The van der Waals surface area contributed by atoms with E-state index >= 15 is 0 Å². The molecule has 0 bridgehead atoms. The number of sulfonamides is 1. The van der Waals surface area contributed by atoms with Gasteiger partial charge in [0.05, 0.1) is 6.26 Å². The van der Waals surface area contributed by atoms with E-state index in [0.717, 1.165) is 0 Å². The van der Waals surface area contributed by atoms with Crippen molar-refractivity contribution in [3.63, 3.8) is 0 Å². The Kier molecular flexibility index (Phi) is 5.20. The number of urea groups is 1. The molecule has 0 saturated carbocycles. The molecule has 1 heterocycles. The van der Waals surface area contributed by atoms with E-state index in [1.165, 1.54) is 10.6 Å². The summed E-state index contributed by atoms with van der Waals surface area (Å²) < 4.78 is 24.4. The Hall–Kier alpha value is -0.820. The average molecular weight is 291 g/mol. The summed E-state index contributed by atoms with van der Waals surface area (Å²) in [5.41, 5.74) is 0.0420. The molecule has 0 aromatic rings. The van der Waals surface area contributed by atoms with Crippen molar-refractivity contribution in [1.82, 2.24) is 14.5 Å². The highest BCUT2D eigenvalue weighted by molar-refractivity contribution is 7.88. The van der Waals surface area contributed by atoms with E-state index in [4.69, 9.17) is 0 Å². The molecule has 0 aromatic heterocycles. The Balaban J connectivity index is 2.51. The third-order valence-electron chi connectivity index (χ3n) is 2.98. The third kappa shape index (κ3) is 5.78. The predicted molar refractivity (Wildman–Crippen MR) is 75.5 cm³/mol. The van der Waals surface area contributed by atoms with Gasteiger partial charge in [-0.2, -0.15) is 0 Å². The van der Waals surface area contributed by atoms with Crippen molar-refractivity contribution in [3.8, 4) is 0 Å². The molecular formula is C12H25N3O3S. The third-order valence-corrected chi connectivity index (χ3v) is 4.28. The fraction of sp³-hybridized carbons (Fsp3) is 0.917. The maximum absolute atomic E-state index is 12.0. The standard InChI is InChI=1S/C12H25N3O3S/c1-12(2,3)10-13-11(16)14-6-5-7-15(9-8-14)19(4,17)18/h5-10H2,1-4H3,(H,13,16). The number of hydrogen-bond acceptors (Lipinski definition) is 3. The molecular weight excluding hydrogens is 266 g/mol. The Morgan fingerprint density at radius 1 is 1.16 bits per heavy atom. The normalized spacial score (nSPS) is 19.1. The maximum atomic E-state index is 12.0. The van der Waals surface area contributed by atoms with Gasteiger partial charge in [0.25, 0.3) is 0 Å². The molecule has 1 aliphatic rings. The number of rotatable bonds is 2. The molecule has 0 aliphatic carbocycles. The summed E-state index contributed by atoms with van der Waals surface area (Å²) in [6, 6.07) is -0.106. The van der Waals surface area contributed by atoms with Crippen LogP contribution in [0, 0.1) is 5.41 Å². The maximum Gasteiger partial charge on any atom is 0.317 e. The van der Waals surface area contributed by atoms with Crippen LogP contribution in [0.4, 0.5) is 4.79 Å². The first-order valence-corrected chi connectivity index (χ1v) is 8.42. The summed E-state index contributed by atoms with van der Waals surface area (Å²) in [7, 11) is -3.16. The monoisotopic (exact) mass is 291 g/mol.